The summed E-state index contributed by atoms with van der Waals surface area (Å²) in [5.41, 5.74) is 0.336. The lowest BCUT2D eigenvalue weighted by atomic mass is 10.0. The Morgan fingerprint density at radius 1 is 1.44 bits per heavy atom. The van der Waals surface area contributed by atoms with E-state index < -0.39 is 18.3 Å². The highest BCUT2D eigenvalue weighted by Gasteiger charge is 2.31. The molecule has 0 bridgehead atoms. The summed E-state index contributed by atoms with van der Waals surface area (Å²) in [6.07, 6.45) is 2.15. The first kappa shape index (κ1) is 12.9. The number of carbonyl (C=O) groups excluding carboxylic acids is 1. The first-order valence-corrected chi connectivity index (χ1v) is 5.69. The number of carbonyl (C=O) groups is 1. The van der Waals surface area contributed by atoms with Crippen LogP contribution >= 0.6 is 0 Å². The molecule has 98 valence electrons. The van der Waals surface area contributed by atoms with Gasteiger partial charge in [-0.3, -0.25) is 4.79 Å². The fourth-order valence-electron chi connectivity index (χ4n) is 1.75. The van der Waals surface area contributed by atoms with Crippen LogP contribution < -0.4 is 5.32 Å². The topological polar surface area (TPSA) is 105 Å². The monoisotopic (exact) mass is 253 g/mol. The Hall–Kier alpha value is -1.57. The van der Waals surface area contributed by atoms with Crippen molar-refractivity contribution in [1.29, 1.82) is 0 Å². The van der Waals surface area contributed by atoms with Gasteiger partial charge in [-0.25, -0.2) is 9.97 Å². The standard InChI is InChI=1S/C11H15N3O4/c15-8-1-2-18-9(10(8)16)5-14-11(17)7-3-12-6-13-4-7/h3-4,6,8-10,15-16H,1-2,5H2,(H,14,17). The van der Waals surface area contributed by atoms with Crippen molar-refractivity contribution in [3.05, 3.63) is 24.3 Å². The predicted octanol–water partition coefficient (Wildman–Crippen LogP) is -1.28. The summed E-state index contributed by atoms with van der Waals surface area (Å²) in [5.74, 6) is -0.341. The van der Waals surface area contributed by atoms with E-state index in [1.165, 1.54) is 18.7 Å². The van der Waals surface area contributed by atoms with Gasteiger partial charge in [0.1, 0.15) is 18.5 Å². The molecular formula is C11H15N3O4. The Morgan fingerprint density at radius 2 is 2.17 bits per heavy atom. The number of rotatable bonds is 3. The predicted molar refractivity (Wildman–Crippen MR) is 60.7 cm³/mol. The van der Waals surface area contributed by atoms with Crippen LogP contribution in [0.1, 0.15) is 16.8 Å². The maximum atomic E-state index is 11.7. The fraction of sp³-hybridized carbons (Fsp3) is 0.545. The molecule has 1 fully saturated rings. The molecule has 7 nitrogen and oxygen atoms in total. The van der Waals surface area contributed by atoms with Gasteiger partial charge in [-0.15, -0.1) is 0 Å². The second kappa shape index (κ2) is 5.85. The SMILES string of the molecule is O=C(NCC1OCCC(O)C1O)c1cncnc1. The molecule has 1 amide bonds. The van der Waals surface area contributed by atoms with Gasteiger partial charge in [0, 0.05) is 25.5 Å². The largest absolute Gasteiger partial charge is 0.390 e. The van der Waals surface area contributed by atoms with Crippen LogP contribution in [0.2, 0.25) is 0 Å². The molecule has 18 heavy (non-hydrogen) atoms. The molecule has 0 spiro atoms. The molecule has 3 N–H and O–H groups in total. The molecule has 2 heterocycles. The van der Waals surface area contributed by atoms with E-state index in [9.17, 15) is 15.0 Å². The van der Waals surface area contributed by atoms with Gasteiger partial charge < -0.3 is 20.3 Å². The number of nitrogens with zero attached hydrogens (tertiary/aromatic N) is 2. The lowest BCUT2D eigenvalue weighted by Gasteiger charge is -2.31. The van der Waals surface area contributed by atoms with E-state index in [0.29, 0.717) is 18.6 Å². The molecule has 1 aliphatic heterocycles. The molecule has 0 aromatic carbocycles. The Kier molecular flexibility index (Phi) is 4.19. The zero-order chi connectivity index (χ0) is 13.0. The third kappa shape index (κ3) is 3.00. The van der Waals surface area contributed by atoms with Crippen molar-refractivity contribution in [3.8, 4) is 0 Å². The van der Waals surface area contributed by atoms with E-state index in [1.807, 2.05) is 0 Å². The van der Waals surface area contributed by atoms with Crippen molar-refractivity contribution in [3.63, 3.8) is 0 Å². The van der Waals surface area contributed by atoms with Gasteiger partial charge in [0.15, 0.2) is 0 Å². The van der Waals surface area contributed by atoms with Crippen LogP contribution in [0.25, 0.3) is 0 Å². The molecule has 3 unspecified atom stereocenters. The molecule has 0 radical (unpaired) electrons. The molecule has 1 saturated heterocycles. The first-order chi connectivity index (χ1) is 8.68. The summed E-state index contributed by atoms with van der Waals surface area (Å²) in [5, 5.41) is 21.7. The van der Waals surface area contributed by atoms with Gasteiger partial charge in [0.2, 0.25) is 0 Å². The van der Waals surface area contributed by atoms with E-state index in [-0.39, 0.29) is 12.5 Å². The van der Waals surface area contributed by atoms with Crippen molar-refractivity contribution < 1.29 is 19.7 Å². The van der Waals surface area contributed by atoms with Gasteiger partial charge in [-0.1, -0.05) is 0 Å². The van der Waals surface area contributed by atoms with Crippen molar-refractivity contribution >= 4 is 5.91 Å². The van der Waals surface area contributed by atoms with E-state index in [0.717, 1.165) is 0 Å². The summed E-state index contributed by atoms with van der Waals surface area (Å²) in [6, 6.07) is 0. The Balaban J connectivity index is 1.86. The van der Waals surface area contributed by atoms with Crippen molar-refractivity contribution in [1.82, 2.24) is 15.3 Å². The van der Waals surface area contributed by atoms with Crippen LogP contribution in [0.15, 0.2) is 18.7 Å². The van der Waals surface area contributed by atoms with Gasteiger partial charge in [-0.2, -0.15) is 0 Å². The third-order valence-electron chi connectivity index (χ3n) is 2.81. The Morgan fingerprint density at radius 3 is 2.89 bits per heavy atom. The maximum absolute atomic E-state index is 11.7. The van der Waals surface area contributed by atoms with Gasteiger partial charge in [-0.05, 0) is 6.42 Å². The van der Waals surface area contributed by atoms with E-state index in [2.05, 4.69) is 15.3 Å². The second-order valence-corrected chi connectivity index (χ2v) is 4.09. The minimum atomic E-state index is -0.980. The van der Waals surface area contributed by atoms with Crippen LogP contribution in [0.4, 0.5) is 0 Å². The van der Waals surface area contributed by atoms with E-state index >= 15 is 0 Å². The number of aliphatic hydroxyl groups excluding tert-OH is 2. The molecule has 0 saturated carbocycles. The molecule has 1 aromatic heterocycles. The van der Waals surface area contributed by atoms with Crippen LogP contribution in [0.5, 0.6) is 0 Å². The average molecular weight is 253 g/mol. The van der Waals surface area contributed by atoms with E-state index in [4.69, 9.17) is 4.74 Å². The normalized spacial score (nSPS) is 27.8. The highest BCUT2D eigenvalue weighted by Crippen LogP contribution is 2.14. The van der Waals surface area contributed by atoms with Crippen LogP contribution in [-0.2, 0) is 4.74 Å². The number of aliphatic hydroxyl groups is 2. The molecule has 2 rings (SSSR count). The summed E-state index contributed by atoms with van der Waals surface area (Å²) in [4.78, 5) is 19.2. The number of amides is 1. The molecular weight excluding hydrogens is 238 g/mol. The summed E-state index contributed by atoms with van der Waals surface area (Å²) < 4.78 is 5.29. The average Bonchev–Trinajstić information content (AvgIpc) is 2.41. The van der Waals surface area contributed by atoms with Gasteiger partial charge in [0.25, 0.3) is 5.91 Å². The van der Waals surface area contributed by atoms with E-state index in [1.54, 1.807) is 0 Å². The van der Waals surface area contributed by atoms with Gasteiger partial charge >= 0.3 is 0 Å². The smallest absolute Gasteiger partial charge is 0.254 e. The summed E-state index contributed by atoms with van der Waals surface area (Å²) >= 11 is 0. The maximum Gasteiger partial charge on any atom is 0.254 e. The lowest BCUT2D eigenvalue weighted by Crippen LogP contribution is -2.49. The van der Waals surface area contributed by atoms with Crippen molar-refractivity contribution in [2.24, 2.45) is 0 Å². The van der Waals surface area contributed by atoms with Crippen molar-refractivity contribution in [2.75, 3.05) is 13.2 Å². The summed E-state index contributed by atoms with van der Waals surface area (Å²) in [7, 11) is 0. The second-order valence-electron chi connectivity index (χ2n) is 4.09. The number of ether oxygens (including phenoxy) is 1. The quantitative estimate of drug-likeness (QED) is 0.619. The number of hydrogen-bond donors (Lipinski definition) is 3. The zero-order valence-electron chi connectivity index (χ0n) is 9.69. The number of aromatic nitrogens is 2. The molecule has 3 atom stereocenters. The highest BCUT2D eigenvalue weighted by molar-refractivity contribution is 5.93. The molecule has 1 aromatic rings. The fourth-order valence-corrected chi connectivity index (χ4v) is 1.75. The first-order valence-electron chi connectivity index (χ1n) is 5.69. The molecule has 1 aliphatic rings. The molecule has 0 aliphatic carbocycles. The van der Waals surface area contributed by atoms with Crippen LogP contribution in [0, 0.1) is 0 Å². The van der Waals surface area contributed by atoms with Crippen molar-refractivity contribution in [2.45, 2.75) is 24.7 Å². The minimum absolute atomic E-state index is 0.131. The lowest BCUT2D eigenvalue weighted by molar-refractivity contribution is -0.132. The van der Waals surface area contributed by atoms with Crippen LogP contribution in [-0.4, -0.2) is 57.6 Å². The van der Waals surface area contributed by atoms with Gasteiger partial charge in [0.05, 0.1) is 11.7 Å². The number of nitrogens with one attached hydrogen (secondary N) is 1. The van der Waals surface area contributed by atoms with Crippen LogP contribution in [0.3, 0.4) is 0 Å². The zero-order valence-corrected chi connectivity index (χ0v) is 9.69. The highest BCUT2D eigenvalue weighted by atomic mass is 16.5. The summed E-state index contributed by atoms with van der Waals surface area (Å²) in [6.45, 7) is 0.499. The number of hydrogen-bond acceptors (Lipinski definition) is 6. The molecule has 7 heteroatoms. The third-order valence-corrected chi connectivity index (χ3v) is 2.81. The minimum Gasteiger partial charge on any atom is -0.390 e. The Labute approximate surface area is 104 Å². The Bertz CT molecular complexity index is 401.